The fourth-order valence-electron chi connectivity index (χ4n) is 5.29. The molecule has 2 N–H and O–H groups in total. The molecule has 1 heterocycles. The summed E-state index contributed by atoms with van der Waals surface area (Å²) >= 11 is 0. The minimum absolute atomic E-state index is 0.0341. The van der Waals surface area contributed by atoms with Crippen LogP contribution in [0.2, 0.25) is 0 Å². The van der Waals surface area contributed by atoms with Crippen molar-refractivity contribution in [1.29, 1.82) is 0 Å². The van der Waals surface area contributed by atoms with Gasteiger partial charge in [0, 0.05) is 5.41 Å². The maximum atomic E-state index is 12.7. The Morgan fingerprint density at radius 2 is 1.96 bits per heavy atom. The summed E-state index contributed by atoms with van der Waals surface area (Å²) < 4.78 is 26.4. The highest BCUT2D eigenvalue weighted by Crippen LogP contribution is 2.70. The van der Waals surface area contributed by atoms with Gasteiger partial charge in [0.25, 0.3) is 0 Å². The molecule has 1 amide bonds. The normalized spacial score (nSPS) is 39.3. The van der Waals surface area contributed by atoms with Crippen molar-refractivity contribution in [3.05, 3.63) is 0 Å². The zero-order valence-electron chi connectivity index (χ0n) is 14.0. The molecule has 5 atom stereocenters. The predicted molar refractivity (Wildman–Crippen MR) is 84.9 cm³/mol. The standard InChI is InChI=1S/C16H27NO5S/c1-4-11(18)12(19)8-14(20)17-13-7-10-5-6-16(13,15(10,2)3)9-23(17,21)22/h10-13,18-19H,4-9H2,1-3H3/t10-,11?,12?,13-,16-/m1/s1. The van der Waals surface area contributed by atoms with Crippen molar-refractivity contribution in [2.24, 2.45) is 16.7 Å². The zero-order chi connectivity index (χ0) is 17.2. The average Bonchev–Trinajstić information content (AvgIpc) is 2.92. The van der Waals surface area contributed by atoms with Gasteiger partial charge in [0.2, 0.25) is 15.9 Å². The van der Waals surface area contributed by atoms with Crippen molar-refractivity contribution < 1.29 is 23.4 Å². The highest BCUT2D eigenvalue weighted by Gasteiger charge is 2.72. The summed E-state index contributed by atoms with van der Waals surface area (Å²) in [5, 5.41) is 19.6. The SMILES string of the molecule is CCC(O)C(O)CC(=O)N1[C@@H]2C[C@H]3CC[C@]2(CS1(=O)=O)C3(C)C. The number of amides is 1. The molecule has 0 aromatic heterocycles. The lowest BCUT2D eigenvalue weighted by molar-refractivity contribution is -0.132. The first-order chi connectivity index (χ1) is 10.6. The first kappa shape index (κ1) is 17.2. The molecule has 1 spiro atoms. The lowest BCUT2D eigenvalue weighted by Gasteiger charge is -2.37. The minimum Gasteiger partial charge on any atom is -0.390 e. The van der Waals surface area contributed by atoms with Gasteiger partial charge in [-0.2, -0.15) is 0 Å². The summed E-state index contributed by atoms with van der Waals surface area (Å²) in [5.74, 6) is -0.0912. The van der Waals surface area contributed by atoms with E-state index in [1.807, 2.05) is 0 Å². The maximum Gasteiger partial charge on any atom is 0.239 e. The largest absolute Gasteiger partial charge is 0.390 e. The fourth-order valence-corrected chi connectivity index (χ4v) is 7.85. The van der Waals surface area contributed by atoms with Gasteiger partial charge in [0.1, 0.15) is 0 Å². The Labute approximate surface area is 137 Å². The molecule has 23 heavy (non-hydrogen) atoms. The van der Waals surface area contributed by atoms with Crippen molar-refractivity contribution in [3.8, 4) is 0 Å². The van der Waals surface area contributed by atoms with Gasteiger partial charge in [0.05, 0.1) is 30.4 Å². The molecule has 0 aromatic carbocycles. The first-order valence-electron chi connectivity index (χ1n) is 8.48. The number of sulfonamides is 1. The number of fused-ring (bicyclic) bond motifs is 1. The van der Waals surface area contributed by atoms with Gasteiger partial charge in [0.15, 0.2) is 0 Å². The number of rotatable bonds is 4. The molecule has 0 radical (unpaired) electrons. The van der Waals surface area contributed by atoms with E-state index < -0.39 is 28.1 Å². The molecule has 2 bridgehead atoms. The topological polar surface area (TPSA) is 94.9 Å². The molecule has 6 nitrogen and oxygen atoms in total. The monoisotopic (exact) mass is 345 g/mol. The molecule has 1 saturated heterocycles. The number of carbonyl (C=O) groups is 1. The average molecular weight is 345 g/mol. The van der Waals surface area contributed by atoms with Crippen LogP contribution in [0.15, 0.2) is 0 Å². The number of nitrogens with zero attached hydrogens (tertiary/aromatic N) is 1. The Kier molecular flexibility index (Phi) is 3.86. The molecule has 1 aliphatic heterocycles. The van der Waals surface area contributed by atoms with E-state index in [0.717, 1.165) is 23.6 Å². The second-order valence-electron chi connectivity index (χ2n) is 8.06. The summed E-state index contributed by atoms with van der Waals surface area (Å²) in [4.78, 5) is 12.6. The van der Waals surface area contributed by atoms with E-state index >= 15 is 0 Å². The zero-order valence-corrected chi connectivity index (χ0v) is 14.8. The van der Waals surface area contributed by atoms with Crippen molar-refractivity contribution in [1.82, 2.24) is 4.31 Å². The van der Waals surface area contributed by atoms with Gasteiger partial charge < -0.3 is 10.2 Å². The Hall–Kier alpha value is -0.660. The lowest BCUT2D eigenvalue weighted by Crippen LogP contribution is -2.45. The summed E-state index contributed by atoms with van der Waals surface area (Å²) in [7, 11) is -3.65. The van der Waals surface area contributed by atoms with Crippen molar-refractivity contribution in [3.63, 3.8) is 0 Å². The van der Waals surface area contributed by atoms with E-state index in [-0.39, 0.29) is 29.0 Å². The number of hydrogen-bond donors (Lipinski definition) is 2. The van der Waals surface area contributed by atoms with Crippen LogP contribution < -0.4 is 0 Å². The molecule has 2 unspecified atom stereocenters. The Balaban J connectivity index is 1.88. The van der Waals surface area contributed by atoms with Crippen LogP contribution >= 0.6 is 0 Å². The number of aliphatic hydroxyl groups is 2. The van der Waals surface area contributed by atoms with E-state index in [4.69, 9.17) is 0 Å². The van der Waals surface area contributed by atoms with Crippen LogP contribution in [0, 0.1) is 16.7 Å². The molecular weight excluding hydrogens is 318 g/mol. The van der Waals surface area contributed by atoms with Crippen LogP contribution in [-0.2, 0) is 14.8 Å². The highest BCUT2D eigenvalue weighted by molar-refractivity contribution is 7.90. The van der Waals surface area contributed by atoms with Gasteiger partial charge >= 0.3 is 0 Å². The number of carbonyl (C=O) groups excluding carboxylic acids is 1. The highest BCUT2D eigenvalue weighted by atomic mass is 32.2. The molecule has 3 rings (SSSR count). The Bertz CT molecular complexity index is 616. The number of hydrogen-bond acceptors (Lipinski definition) is 5. The van der Waals surface area contributed by atoms with Gasteiger partial charge in [-0.15, -0.1) is 0 Å². The van der Waals surface area contributed by atoms with Crippen LogP contribution in [0.5, 0.6) is 0 Å². The molecule has 132 valence electrons. The number of aliphatic hydroxyl groups excluding tert-OH is 2. The molecule has 3 fully saturated rings. The van der Waals surface area contributed by atoms with E-state index in [9.17, 15) is 23.4 Å². The smallest absolute Gasteiger partial charge is 0.239 e. The third-order valence-electron chi connectivity index (χ3n) is 6.90. The lowest BCUT2D eigenvalue weighted by atomic mass is 9.69. The van der Waals surface area contributed by atoms with Crippen molar-refractivity contribution in [2.75, 3.05) is 5.75 Å². The molecule has 3 aliphatic rings. The maximum absolute atomic E-state index is 12.7. The van der Waals surface area contributed by atoms with Crippen LogP contribution in [0.1, 0.15) is 52.9 Å². The van der Waals surface area contributed by atoms with E-state index in [0.29, 0.717) is 12.3 Å². The predicted octanol–water partition coefficient (Wildman–Crippen LogP) is 0.875. The summed E-state index contributed by atoms with van der Waals surface area (Å²) in [6.07, 6.45) is 0.358. The molecular formula is C16H27NO5S. The molecule has 2 aliphatic carbocycles. The third-order valence-corrected chi connectivity index (χ3v) is 8.84. The molecule has 7 heteroatoms. The van der Waals surface area contributed by atoms with Gasteiger partial charge in [-0.05, 0) is 37.0 Å². The van der Waals surface area contributed by atoms with Crippen LogP contribution in [0.4, 0.5) is 0 Å². The molecule has 0 aromatic rings. The van der Waals surface area contributed by atoms with E-state index in [1.165, 1.54) is 0 Å². The van der Waals surface area contributed by atoms with Gasteiger partial charge in [-0.1, -0.05) is 20.8 Å². The van der Waals surface area contributed by atoms with Crippen LogP contribution in [0.25, 0.3) is 0 Å². The summed E-state index contributed by atoms with van der Waals surface area (Å²) in [5.41, 5.74) is -0.429. The van der Waals surface area contributed by atoms with E-state index in [1.54, 1.807) is 6.92 Å². The Morgan fingerprint density at radius 3 is 2.52 bits per heavy atom. The van der Waals surface area contributed by atoms with Crippen molar-refractivity contribution in [2.45, 2.75) is 71.1 Å². The second-order valence-corrected chi connectivity index (χ2v) is 9.90. The third kappa shape index (κ3) is 2.19. The fraction of sp³-hybridized carbons (Fsp3) is 0.938. The van der Waals surface area contributed by atoms with Crippen LogP contribution in [0.3, 0.4) is 0 Å². The Morgan fingerprint density at radius 1 is 1.30 bits per heavy atom. The van der Waals surface area contributed by atoms with Crippen LogP contribution in [-0.4, -0.2) is 52.8 Å². The second kappa shape index (κ2) is 5.17. The quantitative estimate of drug-likeness (QED) is 0.788. The van der Waals surface area contributed by atoms with Gasteiger partial charge in [-0.25, -0.2) is 12.7 Å². The first-order valence-corrected chi connectivity index (χ1v) is 10.1. The van der Waals surface area contributed by atoms with E-state index in [2.05, 4.69) is 13.8 Å². The molecule has 2 saturated carbocycles. The summed E-state index contributed by atoms with van der Waals surface area (Å²) in [6.45, 7) is 5.96. The minimum atomic E-state index is -3.65. The van der Waals surface area contributed by atoms with Crippen molar-refractivity contribution >= 4 is 15.9 Å². The summed E-state index contributed by atoms with van der Waals surface area (Å²) in [6, 6.07) is -0.278. The van der Waals surface area contributed by atoms with Gasteiger partial charge in [-0.3, -0.25) is 4.79 Å².